The maximum Gasteiger partial charge on any atom is 0.204 e. The molecule has 2 aliphatic rings. The quantitative estimate of drug-likeness (QED) is 0.126. The first-order valence-electron chi connectivity index (χ1n) is 12.4. The van der Waals surface area contributed by atoms with E-state index in [0.29, 0.717) is 30.7 Å². The van der Waals surface area contributed by atoms with E-state index < -0.39 is 0 Å². The highest BCUT2D eigenvalue weighted by molar-refractivity contribution is 5.95. The number of nitriles is 1. The summed E-state index contributed by atoms with van der Waals surface area (Å²) < 4.78 is 14.3. The van der Waals surface area contributed by atoms with Crippen molar-refractivity contribution in [1.82, 2.24) is 9.69 Å². The number of fused-ring (bicyclic) bond motifs is 1. The number of hydrogen-bond acceptors (Lipinski definition) is 7. The van der Waals surface area contributed by atoms with Crippen LogP contribution in [0, 0.1) is 17.2 Å². The average molecular weight is 504 g/mol. The van der Waals surface area contributed by atoms with Gasteiger partial charge >= 0.3 is 0 Å². The Morgan fingerprint density at radius 3 is 2.43 bits per heavy atom. The Labute approximate surface area is 216 Å². The average Bonchev–Trinajstić information content (AvgIpc) is 3.81. The molecule has 0 radical (unpaired) electrons. The van der Waals surface area contributed by atoms with Crippen LogP contribution in [0.1, 0.15) is 44.2 Å². The molecular weight excluding hydrogens is 470 g/mol. The van der Waals surface area contributed by atoms with Crippen LogP contribution >= 0.6 is 0 Å². The first-order valence-corrected chi connectivity index (χ1v) is 12.4. The van der Waals surface area contributed by atoms with Crippen molar-refractivity contribution >= 4 is 23.7 Å². The molecule has 2 fully saturated rings. The first kappa shape index (κ1) is 25.9. The molecule has 0 spiro atoms. The van der Waals surface area contributed by atoms with Gasteiger partial charge in [0, 0.05) is 17.5 Å². The van der Waals surface area contributed by atoms with Crippen LogP contribution in [-0.4, -0.2) is 41.7 Å². The number of ether oxygens (including phenoxy) is 2. The van der Waals surface area contributed by atoms with Gasteiger partial charge in [-0.05, 0) is 80.5 Å². The summed E-state index contributed by atoms with van der Waals surface area (Å²) in [6, 6.07) is 16.9. The van der Waals surface area contributed by atoms with Crippen molar-refractivity contribution in [2.24, 2.45) is 28.3 Å². The van der Waals surface area contributed by atoms with E-state index in [2.05, 4.69) is 40.5 Å². The highest BCUT2D eigenvalue weighted by Gasteiger charge is 2.31. The highest BCUT2D eigenvalue weighted by atomic mass is 16.5. The molecule has 10 nitrogen and oxygen atoms in total. The summed E-state index contributed by atoms with van der Waals surface area (Å²) in [6.45, 7) is 2.90. The lowest BCUT2D eigenvalue weighted by Crippen LogP contribution is -2.30. The number of carbonyl (C=O) groups is 1. The van der Waals surface area contributed by atoms with Gasteiger partial charge in [0.05, 0.1) is 29.4 Å². The van der Waals surface area contributed by atoms with Crippen molar-refractivity contribution < 1.29 is 14.3 Å². The van der Waals surface area contributed by atoms with Crippen molar-refractivity contribution in [1.29, 1.82) is 5.26 Å². The number of benzene rings is 2. The number of nitrogens with zero attached hydrogens (tertiary/aromatic N) is 4. The zero-order chi connectivity index (χ0) is 26.4. The normalized spacial score (nSPS) is 15.5. The van der Waals surface area contributed by atoms with Crippen LogP contribution < -0.4 is 26.8 Å². The fraction of sp³-hybridized carbons (Fsp3) is 0.370. The fourth-order valence-electron chi connectivity index (χ4n) is 4.46. The standard InChI is InChI=1S/C26H30N6O2.CH3NO/c1-17(18-2-3-18)34-21-8-4-19(5-9-21)26-24(15-27)23-11-10-22(33-13-12-31(29)30-16-28)14-25(23)32(26)20-6-7-20;2-1-3/h4-5,8-11,14,16-18,20H,2-3,6-7,12-13,29H2,1H3,(H2,28,30);1H,(H2,2,3). The van der Waals surface area contributed by atoms with E-state index in [1.54, 1.807) is 0 Å². The van der Waals surface area contributed by atoms with Crippen molar-refractivity contribution in [2.75, 3.05) is 13.2 Å². The number of hydrazine groups is 1. The summed E-state index contributed by atoms with van der Waals surface area (Å²) in [5.41, 5.74) is 13.1. The van der Waals surface area contributed by atoms with E-state index in [4.69, 9.17) is 25.8 Å². The molecule has 1 amide bonds. The topological polar surface area (TPSA) is 158 Å². The summed E-state index contributed by atoms with van der Waals surface area (Å²) in [6.07, 6.45) is 6.35. The Balaban J connectivity index is 0.00000102. The van der Waals surface area contributed by atoms with Gasteiger partial charge in [-0.2, -0.15) is 10.4 Å². The number of primary amides is 1. The number of hydrogen-bond donors (Lipinski definition) is 3. The first-order chi connectivity index (χ1) is 18.0. The number of nitrogens with two attached hydrogens (primary N) is 3. The molecule has 0 saturated heterocycles. The molecule has 10 heteroatoms. The van der Waals surface area contributed by atoms with Gasteiger partial charge in [0.1, 0.15) is 30.5 Å². The minimum absolute atomic E-state index is 0.241. The highest BCUT2D eigenvalue weighted by Crippen LogP contribution is 2.45. The molecule has 5 rings (SSSR count). The predicted molar refractivity (Wildman–Crippen MR) is 142 cm³/mol. The van der Waals surface area contributed by atoms with E-state index in [0.717, 1.165) is 52.8 Å². The molecule has 2 saturated carbocycles. The summed E-state index contributed by atoms with van der Waals surface area (Å²) in [5, 5.41) is 16.0. The molecule has 3 aromatic rings. The number of hydrazone groups is 1. The van der Waals surface area contributed by atoms with Crippen LogP contribution in [0.15, 0.2) is 47.6 Å². The fourth-order valence-corrected chi connectivity index (χ4v) is 4.46. The minimum atomic E-state index is 0.241. The monoisotopic (exact) mass is 503 g/mol. The summed E-state index contributed by atoms with van der Waals surface area (Å²) in [4.78, 5) is 8.58. The Kier molecular flexibility index (Phi) is 8.15. The molecule has 6 N–H and O–H groups in total. The van der Waals surface area contributed by atoms with Crippen LogP contribution in [0.2, 0.25) is 0 Å². The van der Waals surface area contributed by atoms with E-state index in [1.165, 1.54) is 18.0 Å². The third-order valence-electron chi connectivity index (χ3n) is 6.54. The largest absolute Gasteiger partial charge is 0.492 e. The molecule has 2 aromatic carbocycles. The third-order valence-corrected chi connectivity index (χ3v) is 6.54. The van der Waals surface area contributed by atoms with Gasteiger partial charge < -0.3 is 25.5 Å². The molecule has 1 unspecified atom stereocenters. The van der Waals surface area contributed by atoms with Crippen molar-refractivity contribution in [3.05, 3.63) is 48.0 Å². The molecule has 0 aliphatic heterocycles. The van der Waals surface area contributed by atoms with E-state index in [-0.39, 0.29) is 12.5 Å². The van der Waals surface area contributed by atoms with Crippen LogP contribution in [0.25, 0.3) is 22.2 Å². The molecule has 1 aromatic heterocycles. The van der Waals surface area contributed by atoms with Gasteiger partial charge in [0.25, 0.3) is 0 Å². The summed E-state index contributed by atoms with van der Waals surface area (Å²) >= 11 is 0. The van der Waals surface area contributed by atoms with Gasteiger partial charge in [-0.15, -0.1) is 0 Å². The van der Waals surface area contributed by atoms with Crippen molar-refractivity contribution in [3.8, 4) is 28.8 Å². The van der Waals surface area contributed by atoms with Gasteiger partial charge in [-0.1, -0.05) is 0 Å². The summed E-state index contributed by atoms with van der Waals surface area (Å²) in [7, 11) is 0. The maximum absolute atomic E-state index is 10.1. The number of aromatic nitrogens is 1. The lowest BCUT2D eigenvalue weighted by molar-refractivity contribution is -0.106. The maximum atomic E-state index is 10.1. The Morgan fingerprint density at radius 1 is 1.16 bits per heavy atom. The molecule has 1 atom stereocenters. The number of rotatable bonds is 10. The summed E-state index contributed by atoms with van der Waals surface area (Å²) in [5.74, 6) is 7.98. The SMILES string of the molecule is CC(Oc1ccc(-c2c(C#N)c3ccc(OCCN(N)/N=C\N)cc3n2C2CC2)cc1)C1CC1.NC=O. The van der Waals surface area contributed by atoms with Crippen LogP contribution in [0.3, 0.4) is 0 Å². The van der Waals surface area contributed by atoms with Gasteiger partial charge in [-0.25, -0.2) is 11.0 Å². The van der Waals surface area contributed by atoms with Crippen LogP contribution in [-0.2, 0) is 4.79 Å². The molecule has 1 heterocycles. The third kappa shape index (κ3) is 6.13. The van der Waals surface area contributed by atoms with Gasteiger partial charge in [-0.3, -0.25) is 4.79 Å². The van der Waals surface area contributed by atoms with Crippen LogP contribution in [0.4, 0.5) is 0 Å². The zero-order valence-corrected chi connectivity index (χ0v) is 20.9. The zero-order valence-electron chi connectivity index (χ0n) is 20.9. The molecule has 0 bridgehead atoms. The Morgan fingerprint density at radius 2 is 1.84 bits per heavy atom. The van der Waals surface area contributed by atoms with Gasteiger partial charge in [0.2, 0.25) is 6.41 Å². The van der Waals surface area contributed by atoms with Crippen LogP contribution in [0.5, 0.6) is 11.5 Å². The molecule has 37 heavy (non-hydrogen) atoms. The molecular formula is C27H33N7O3. The van der Waals surface area contributed by atoms with Crippen molar-refractivity contribution in [2.45, 2.75) is 44.8 Å². The van der Waals surface area contributed by atoms with Crippen molar-refractivity contribution in [3.63, 3.8) is 0 Å². The Bertz CT molecular complexity index is 1290. The van der Waals surface area contributed by atoms with E-state index in [1.807, 2.05) is 30.3 Å². The second kappa shape index (κ2) is 11.7. The second-order valence-corrected chi connectivity index (χ2v) is 9.21. The van der Waals surface area contributed by atoms with E-state index in [9.17, 15) is 5.26 Å². The minimum Gasteiger partial charge on any atom is -0.492 e. The Hall–Kier alpha value is -4.23. The lowest BCUT2D eigenvalue weighted by atomic mass is 10.1. The number of carbonyl (C=O) groups excluding carboxylic acids is 1. The lowest BCUT2D eigenvalue weighted by Gasteiger charge is -2.15. The molecule has 194 valence electrons. The van der Waals surface area contributed by atoms with E-state index >= 15 is 0 Å². The number of amides is 1. The van der Waals surface area contributed by atoms with Gasteiger partial charge in [0.15, 0.2) is 0 Å². The predicted octanol–water partition coefficient (Wildman–Crippen LogP) is 3.25. The smallest absolute Gasteiger partial charge is 0.204 e. The molecule has 2 aliphatic carbocycles. The second-order valence-electron chi connectivity index (χ2n) is 9.21.